The average molecular weight is 455 g/mol. The first-order valence-electron chi connectivity index (χ1n) is 10.5. The number of benzene rings is 2. The van der Waals surface area contributed by atoms with E-state index >= 15 is 0 Å². The van der Waals surface area contributed by atoms with E-state index in [0.717, 1.165) is 17.5 Å². The minimum absolute atomic E-state index is 0.0828. The molecule has 1 heterocycles. The molecular weight excluding hydrogens is 428 g/mol. The predicted octanol–water partition coefficient (Wildman–Crippen LogP) is 3.50. The van der Waals surface area contributed by atoms with Crippen molar-refractivity contribution in [1.29, 1.82) is 0 Å². The van der Waals surface area contributed by atoms with E-state index < -0.39 is 0 Å². The zero-order valence-corrected chi connectivity index (χ0v) is 19.2. The average Bonchev–Trinajstić information content (AvgIpc) is 3.21. The third kappa shape index (κ3) is 6.37. The first-order chi connectivity index (χ1) is 15.3. The molecule has 0 radical (unpaired) electrons. The predicted molar refractivity (Wildman–Crippen MR) is 124 cm³/mol. The van der Waals surface area contributed by atoms with E-state index in [9.17, 15) is 9.59 Å². The van der Waals surface area contributed by atoms with E-state index in [1.165, 1.54) is 9.70 Å². The number of amides is 2. The SMILES string of the molecule is Cc1ccccc1N(CC(=O)NCCC(C)C)C(=O)Cn1nnc(-c2ccc(Cl)cc2)n1. The maximum Gasteiger partial charge on any atom is 0.251 e. The topological polar surface area (TPSA) is 93.0 Å². The highest BCUT2D eigenvalue weighted by Crippen LogP contribution is 2.20. The van der Waals surface area contributed by atoms with Crippen molar-refractivity contribution in [3.05, 3.63) is 59.1 Å². The fourth-order valence-corrected chi connectivity index (χ4v) is 3.23. The van der Waals surface area contributed by atoms with Gasteiger partial charge >= 0.3 is 0 Å². The van der Waals surface area contributed by atoms with Crippen LogP contribution in [0.2, 0.25) is 5.02 Å². The Balaban J connectivity index is 1.74. The number of hydrogen-bond acceptors (Lipinski definition) is 5. The number of hydrogen-bond donors (Lipinski definition) is 1. The van der Waals surface area contributed by atoms with Crippen LogP contribution in [0.25, 0.3) is 11.4 Å². The smallest absolute Gasteiger partial charge is 0.251 e. The summed E-state index contributed by atoms with van der Waals surface area (Å²) in [4.78, 5) is 28.4. The van der Waals surface area contributed by atoms with Crippen molar-refractivity contribution in [2.75, 3.05) is 18.0 Å². The highest BCUT2D eigenvalue weighted by molar-refractivity contribution is 6.30. The Bertz CT molecular complexity index is 1060. The Hall–Kier alpha value is -3.26. The van der Waals surface area contributed by atoms with E-state index in [2.05, 4.69) is 34.6 Å². The molecule has 0 unspecified atom stereocenters. The summed E-state index contributed by atoms with van der Waals surface area (Å²) in [7, 11) is 0. The number of nitrogens with zero attached hydrogens (tertiary/aromatic N) is 5. The molecule has 0 spiro atoms. The van der Waals surface area contributed by atoms with Gasteiger partial charge in [0.1, 0.15) is 13.1 Å². The normalized spacial score (nSPS) is 10.9. The molecule has 0 saturated heterocycles. The minimum Gasteiger partial charge on any atom is -0.355 e. The van der Waals surface area contributed by atoms with E-state index in [-0.39, 0.29) is 24.9 Å². The molecule has 8 nitrogen and oxygen atoms in total. The second-order valence-electron chi connectivity index (χ2n) is 7.95. The number of para-hydroxylation sites is 1. The van der Waals surface area contributed by atoms with Crippen molar-refractivity contribution in [2.45, 2.75) is 33.7 Å². The van der Waals surface area contributed by atoms with Crippen LogP contribution in [-0.2, 0) is 16.1 Å². The summed E-state index contributed by atoms with van der Waals surface area (Å²) in [5.41, 5.74) is 2.31. The number of halogens is 1. The first kappa shape index (κ1) is 23.4. The molecule has 3 aromatic rings. The Kier molecular flexibility index (Phi) is 7.94. The highest BCUT2D eigenvalue weighted by atomic mass is 35.5. The Morgan fingerprint density at radius 1 is 1.12 bits per heavy atom. The van der Waals surface area contributed by atoms with Gasteiger partial charge in [-0.3, -0.25) is 9.59 Å². The van der Waals surface area contributed by atoms with Crippen molar-refractivity contribution in [3.8, 4) is 11.4 Å². The van der Waals surface area contributed by atoms with Crippen LogP contribution in [0.15, 0.2) is 48.5 Å². The minimum atomic E-state index is -0.307. The Morgan fingerprint density at radius 3 is 2.53 bits per heavy atom. The second kappa shape index (κ2) is 10.9. The molecule has 0 fully saturated rings. The molecule has 0 bridgehead atoms. The molecule has 168 valence electrons. The molecule has 0 aliphatic rings. The van der Waals surface area contributed by atoms with Crippen LogP contribution in [0.4, 0.5) is 5.69 Å². The molecule has 1 aromatic heterocycles. The van der Waals surface area contributed by atoms with Gasteiger partial charge in [0.2, 0.25) is 11.7 Å². The number of carbonyl (C=O) groups excluding carboxylic acids is 2. The van der Waals surface area contributed by atoms with Crippen molar-refractivity contribution in [1.82, 2.24) is 25.5 Å². The van der Waals surface area contributed by atoms with Gasteiger partial charge in [0.25, 0.3) is 5.91 Å². The molecule has 9 heteroatoms. The molecule has 0 saturated carbocycles. The summed E-state index contributed by atoms with van der Waals surface area (Å²) in [5.74, 6) is 0.356. The second-order valence-corrected chi connectivity index (χ2v) is 8.39. The van der Waals surface area contributed by atoms with Gasteiger partial charge in [0.05, 0.1) is 0 Å². The van der Waals surface area contributed by atoms with Crippen molar-refractivity contribution in [2.24, 2.45) is 5.92 Å². The molecule has 0 atom stereocenters. The third-order valence-electron chi connectivity index (χ3n) is 4.88. The van der Waals surface area contributed by atoms with Gasteiger partial charge in [-0.25, -0.2) is 0 Å². The summed E-state index contributed by atoms with van der Waals surface area (Å²) >= 11 is 5.92. The molecule has 1 N–H and O–H groups in total. The van der Waals surface area contributed by atoms with Gasteiger partial charge in [-0.1, -0.05) is 43.6 Å². The van der Waals surface area contributed by atoms with E-state index in [4.69, 9.17) is 11.6 Å². The molecule has 2 amide bonds. The molecule has 3 rings (SSSR count). The van der Waals surface area contributed by atoms with Crippen LogP contribution < -0.4 is 10.2 Å². The van der Waals surface area contributed by atoms with Crippen LogP contribution >= 0.6 is 11.6 Å². The zero-order chi connectivity index (χ0) is 23.1. The largest absolute Gasteiger partial charge is 0.355 e. The number of rotatable bonds is 9. The maximum absolute atomic E-state index is 13.2. The van der Waals surface area contributed by atoms with Gasteiger partial charge in [-0.2, -0.15) is 4.80 Å². The zero-order valence-electron chi connectivity index (χ0n) is 18.5. The standard InChI is InChI=1S/C23H27ClN6O2/c1-16(2)12-13-25-21(31)14-29(20-7-5-4-6-17(20)3)22(32)15-30-27-23(26-28-30)18-8-10-19(24)11-9-18/h4-11,16H,12-15H2,1-3H3,(H,25,31). The van der Waals surface area contributed by atoms with Gasteiger partial charge in [0, 0.05) is 22.8 Å². The number of aromatic nitrogens is 4. The van der Waals surface area contributed by atoms with Crippen LogP contribution in [0.3, 0.4) is 0 Å². The lowest BCUT2D eigenvalue weighted by Crippen LogP contribution is -2.43. The monoisotopic (exact) mass is 454 g/mol. The van der Waals surface area contributed by atoms with Gasteiger partial charge in [0.15, 0.2) is 0 Å². The lowest BCUT2D eigenvalue weighted by Gasteiger charge is -2.24. The van der Waals surface area contributed by atoms with Crippen molar-refractivity contribution in [3.63, 3.8) is 0 Å². The number of tetrazole rings is 1. The molecule has 0 aliphatic heterocycles. The number of anilines is 1. The van der Waals surface area contributed by atoms with Gasteiger partial charge in [-0.15, -0.1) is 10.2 Å². The summed E-state index contributed by atoms with van der Waals surface area (Å²) in [5, 5.41) is 15.8. The van der Waals surface area contributed by atoms with E-state index in [0.29, 0.717) is 29.0 Å². The van der Waals surface area contributed by atoms with Crippen LogP contribution in [-0.4, -0.2) is 45.1 Å². The number of nitrogens with one attached hydrogen (secondary N) is 1. The fraction of sp³-hybridized carbons (Fsp3) is 0.348. The molecule has 0 aliphatic carbocycles. The summed E-state index contributed by atoms with van der Waals surface area (Å²) in [6.45, 7) is 6.44. The molecule has 32 heavy (non-hydrogen) atoms. The van der Waals surface area contributed by atoms with Crippen molar-refractivity contribution >= 4 is 29.1 Å². The summed E-state index contributed by atoms with van der Waals surface area (Å²) in [6, 6.07) is 14.5. The van der Waals surface area contributed by atoms with Crippen molar-refractivity contribution < 1.29 is 9.59 Å². The van der Waals surface area contributed by atoms with Gasteiger partial charge in [-0.05, 0) is 60.4 Å². The Labute approximate surface area is 192 Å². The molecular formula is C23H27ClN6O2. The van der Waals surface area contributed by atoms with E-state index in [1.54, 1.807) is 24.3 Å². The fourth-order valence-electron chi connectivity index (χ4n) is 3.10. The summed E-state index contributed by atoms with van der Waals surface area (Å²) < 4.78 is 0. The lowest BCUT2D eigenvalue weighted by molar-refractivity contribution is -0.124. The maximum atomic E-state index is 13.2. The van der Waals surface area contributed by atoms with E-state index in [1.807, 2.05) is 31.2 Å². The van der Waals surface area contributed by atoms with Crippen LogP contribution in [0.1, 0.15) is 25.8 Å². The highest BCUT2D eigenvalue weighted by Gasteiger charge is 2.22. The van der Waals surface area contributed by atoms with Crippen LogP contribution in [0, 0.1) is 12.8 Å². The first-order valence-corrected chi connectivity index (χ1v) is 10.9. The van der Waals surface area contributed by atoms with Gasteiger partial charge < -0.3 is 10.2 Å². The number of aryl methyl sites for hydroxylation is 1. The quantitative estimate of drug-likeness (QED) is 0.534. The third-order valence-corrected chi connectivity index (χ3v) is 5.14. The summed E-state index contributed by atoms with van der Waals surface area (Å²) in [6.07, 6.45) is 0.875. The lowest BCUT2D eigenvalue weighted by atomic mass is 10.1. The number of carbonyl (C=O) groups is 2. The molecule has 2 aromatic carbocycles. The van der Waals surface area contributed by atoms with Crippen LogP contribution in [0.5, 0.6) is 0 Å². The Morgan fingerprint density at radius 2 is 1.84 bits per heavy atom.